The van der Waals surface area contributed by atoms with Crippen LogP contribution in [0, 0.1) is 12.7 Å². The smallest absolute Gasteiger partial charge is 0.295 e. The summed E-state index contributed by atoms with van der Waals surface area (Å²) in [5.74, 6) is -1.14. The van der Waals surface area contributed by atoms with Gasteiger partial charge in [0.1, 0.15) is 0 Å². The number of pyridine rings is 1. The molecular weight excluding hydrogens is 479 g/mol. The van der Waals surface area contributed by atoms with Gasteiger partial charge in [0, 0.05) is 44.3 Å². The fourth-order valence-corrected chi connectivity index (χ4v) is 4.59. The molecular formula is C24H23FN10O2. The summed E-state index contributed by atoms with van der Waals surface area (Å²) < 4.78 is 16.4. The first-order valence-electron chi connectivity index (χ1n) is 11.7. The number of anilines is 1. The van der Waals surface area contributed by atoms with Crippen molar-refractivity contribution in [3.63, 3.8) is 0 Å². The van der Waals surface area contributed by atoms with E-state index in [9.17, 15) is 14.0 Å². The Kier molecular flexibility index (Phi) is 5.53. The minimum atomic E-state index is -0.777. The van der Waals surface area contributed by atoms with Crippen molar-refractivity contribution in [2.75, 3.05) is 31.2 Å². The molecule has 13 heteroatoms. The minimum absolute atomic E-state index is 0.0212. The van der Waals surface area contributed by atoms with Crippen molar-refractivity contribution < 1.29 is 14.0 Å². The Bertz CT molecular complexity index is 1520. The largest absolute Gasteiger partial charge is 0.357 e. The number of hydrazone groups is 1. The Labute approximate surface area is 210 Å². The first-order valence-corrected chi connectivity index (χ1v) is 11.7. The Morgan fingerprint density at radius 2 is 1.84 bits per heavy atom. The van der Waals surface area contributed by atoms with Crippen LogP contribution >= 0.6 is 0 Å². The van der Waals surface area contributed by atoms with Crippen molar-refractivity contribution in [2.45, 2.75) is 6.92 Å². The van der Waals surface area contributed by atoms with Gasteiger partial charge >= 0.3 is 0 Å². The van der Waals surface area contributed by atoms with Gasteiger partial charge in [-0.05, 0) is 25.1 Å². The summed E-state index contributed by atoms with van der Waals surface area (Å²) in [7, 11) is 0. The zero-order valence-corrected chi connectivity index (χ0v) is 19.8. The maximum atomic E-state index is 14.8. The summed E-state index contributed by atoms with van der Waals surface area (Å²) in [5.41, 5.74) is 7.71. The number of benzene rings is 1. The van der Waals surface area contributed by atoms with Crippen LogP contribution in [0.1, 0.15) is 16.1 Å². The van der Waals surface area contributed by atoms with Crippen molar-refractivity contribution in [2.24, 2.45) is 5.10 Å². The number of hydrogen-bond donors (Lipinski definition) is 3. The molecule has 1 amide bonds. The van der Waals surface area contributed by atoms with Gasteiger partial charge in [-0.3, -0.25) is 9.59 Å². The zero-order chi connectivity index (χ0) is 25.5. The number of aryl methyl sites for hydroxylation is 1. The van der Waals surface area contributed by atoms with Crippen molar-refractivity contribution >= 4 is 34.2 Å². The third kappa shape index (κ3) is 3.85. The molecule has 0 bridgehead atoms. The van der Waals surface area contributed by atoms with Crippen LogP contribution in [0.5, 0.6) is 0 Å². The van der Waals surface area contributed by atoms with Gasteiger partial charge in [0.15, 0.2) is 11.6 Å². The highest BCUT2D eigenvalue weighted by atomic mass is 19.1. The maximum Gasteiger partial charge on any atom is 0.295 e. The number of halogens is 1. The lowest BCUT2D eigenvalue weighted by Crippen LogP contribution is -2.56. The molecule has 5 heterocycles. The molecule has 0 unspecified atom stereocenters. The molecule has 0 saturated carbocycles. The van der Waals surface area contributed by atoms with Crippen molar-refractivity contribution in [3.05, 3.63) is 72.1 Å². The summed E-state index contributed by atoms with van der Waals surface area (Å²) in [6.07, 6.45) is 4.00. The molecule has 2 aliphatic heterocycles. The summed E-state index contributed by atoms with van der Waals surface area (Å²) in [6.45, 7) is 3.41. The molecule has 6 rings (SSSR count). The number of guanidine groups is 1. The molecule has 1 saturated heterocycles. The second-order valence-electron chi connectivity index (χ2n) is 8.68. The van der Waals surface area contributed by atoms with Gasteiger partial charge in [-0.2, -0.15) is 5.10 Å². The number of ketones is 1. The number of carbonyl (C=O) groups excluding carboxylic acids is 2. The molecule has 12 nitrogen and oxygen atoms in total. The number of nitrogens with one attached hydrogen (secondary N) is 3. The lowest BCUT2D eigenvalue weighted by atomic mass is 10.1. The Morgan fingerprint density at radius 1 is 1.05 bits per heavy atom. The van der Waals surface area contributed by atoms with E-state index in [1.807, 2.05) is 47.2 Å². The maximum absolute atomic E-state index is 14.8. The van der Waals surface area contributed by atoms with Crippen LogP contribution in [0.4, 0.5) is 10.1 Å². The number of aromatic nitrogens is 4. The van der Waals surface area contributed by atoms with E-state index >= 15 is 0 Å². The number of aromatic amines is 1. The number of amides is 1. The van der Waals surface area contributed by atoms with Crippen molar-refractivity contribution in [3.8, 4) is 5.82 Å². The van der Waals surface area contributed by atoms with Crippen LogP contribution in [0.15, 0.2) is 60.1 Å². The molecule has 3 N–H and O–H groups in total. The van der Waals surface area contributed by atoms with Crippen molar-refractivity contribution in [1.29, 1.82) is 0 Å². The second-order valence-corrected chi connectivity index (χ2v) is 8.68. The van der Waals surface area contributed by atoms with Gasteiger partial charge < -0.3 is 14.8 Å². The number of hydrogen-bond acceptors (Lipinski definition) is 9. The Balaban J connectivity index is 1.19. The fraction of sp³-hybridized carbons (Fsp3) is 0.208. The van der Waals surface area contributed by atoms with Crippen LogP contribution in [0.2, 0.25) is 0 Å². The normalized spacial score (nSPS) is 15.7. The lowest BCUT2D eigenvalue weighted by Gasteiger charge is -2.37. The predicted molar refractivity (Wildman–Crippen MR) is 133 cm³/mol. The molecule has 4 aromatic rings. The second kappa shape index (κ2) is 9.02. The lowest BCUT2D eigenvalue weighted by molar-refractivity contribution is -0.127. The number of nitrogens with zero attached hydrogens (tertiary/aromatic N) is 7. The van der Waals surface area contributed by atoms with Gasteiger partial charge in [-0.15, -0.1) is 10.6 Å². The zero-order valence-electron chi connectivity index (χ0n) is 19.8. The van der Waals surface area contributed by atoms with Crippen LogP contribution in [-0.4, -0.2) is 73.4 Å². The van der Waals surface area contributed by atoms with Gasteiger partial charge in [0.25, 0.3) is 11.7 Å². The molecule has 1 fully saturated rings. The predicted octanol–water partition coefficient (Wildman–Crippen LogP) is 1.32. The quantitative estimate of drug-likeness (QED) is 0.282. The van der Waals surface area contributed by atoms with Gasteiger partial charge in [0.2, 0.25) is 5.96 Å². The molecule has 2 aliphatic rings. The van der Waals surface area contributed by atoms with Crippen LogP contribution in [-0.2, 0) is 4.79 Å². The van der Waals surface area contributed by atoms with E-state index in [-0.39, 0.29) is 10.9 Å². The van der Waals surface area contributed by atoms with Crippen LogP contribution in [0.3, 0.4) is 0 Å². The molecule has 0 aliphatic carbocycles. The fourth-order valence-electron chi connectivity index (χ4n) is 4.59. The van der Waals surface area contributed by atoms with E-state index in [0.717, 1.165) is 17.6 Å². The van der Waals surface area contributed by atoms with Crippen LogP contribution in [0.25, 0.3) is 16.7 Å². The summed E-state index contributed by atoms with van der Waals surface area (Å²) >= 11 is 0. The van der Waals surface area contributed by atoms with E-state index in [0.29, 0.717) is 43.5 Å². The highest BCUT2D eigenvalue weighted by molar-refractivity contribution is 6.45. The van der Waals surface area contributed by atoms with E-state index in [2.05, 4.69) is 31.2 Å². The number of Topliss-reactive ketones (excluding diaryl/α,β-unsaturated/α-hetero) is 1. The Hall–Kier alpha value is -4.78. The molecule has 0 spiro atoms. The SMILES string of the molecule is Cc1ccnn1-c1ncc(F)c2c(C(=O)C(=O)N3CCN(C4=NNNN4c4ccccc4)CC3)c[nH]c12. The summed E-state index contributed by atoms with van der Waals surface area (Å²) in [4.78, 5) is 36.9. The number of para-hydroxylation sites is 1. The van der Waals surface area contributed by atoms with E-state index in [1.54, 1.807) is 16.9 Å². The average molecular weight is 503 g/mol. The monoisotopic (exact) mass is 502 g/mol. The molecule has 1 aromatic carbocycles. The first kappa shape index (κ1) is 22.7. The molecule has 188 valence electrons. The highest BCUT2D eigenvalue weighted by Crippen LogP contribution is 2.27. The third-order valence-corrected chi connectivity index (χ3v) is 6.50. The number of carbonyl (C=O) groups is 2. The third-order valence-electron chi connectivity index (χ3n) is 6.50. The minimum Gasteiger partial charge on any atom is -0.357 e. The Morgan fingerprint density at radius 3 is 2.57 bits per heavy atom. The van der Waals surface area contributed by atoms with Crippen molar-refractivity contribution in [1.82, 2.24) is 40.6 Å². The van der Waals surface area contributed by atoms with Gasteiger partial charge in [-0.1, -0.05) is 18.2 Å². The summed E-state index contributed by atoms with van der Waals surface area (Å²) in [6, 6.07) is 11.5. The first-order chi connectivity index (χ1) is 18.0. The molecule has 3 aromatic heterocycles. The van der Waals surface area contributed by atoms with E-state index in [1.165, 1.54) is 11.1 Å². The topological polar surface area (TPSA) is 127 Å². The number of rotatable bonds is 4. The van der Waals surface area contributed by atoms with Gasteiger partial charge in [-0.25, -0.2) is 24.6 Å². The van der Waals surface area contributed by atoms with E-state index < -0.39 is 17.5 Å². The molecule has 37 heavy (non-hydrogen) atoms. The summed E-state index contributed by atoms with van der Waals surface area (Å²) in [5, 5.41) is 10.4. The number of hydrazine groups is 2. The van der Waals surface area contributed by atoms with Gasteiger partial charge in [0.05, 0.1) is 28.4 Å². The molecule has 0 atom stereocenters. The number of fused-ring (bicyclic) bond motifs is 1. The standard InChI is InChI=1S/C24H23FN10O2/c1-15-7-8-28-34(15)22-20-19(18(25)14-27-22)17(13-26-20)21(36)23(37)32-9-11-33(12-10-32)24-29-30-31-35(24)16-5-3-2-4-6-16/h2-8,13-14,26,30-31H,9-12H2,1H3. The number of H-pyrrole nitrogens is 1. The van der Waals surface area contributed by atoms with E-state index in [4.69, 9.17) is 0 Å². The highest BCUT2D eigenvalue weighted by Gasteiger charge is 2.33. The average Bonchev–Trinajstić information content (AvgIpc) is 3.69. The van der Waals surface area contributed by atoms with Crippen LogP contribution < -0.4 is 16.1 Å². The number of piperazine rings is 1. The molecule has 0 radical (unpaired) electrons.